The minimum atomic E-state index is -0.492. The van der Waals surface area contributed by atoms with Gasteiger partial charge in [0, 0.05) is 18.9 Å². The Morgan fingerprint density at radius 3 is 2.49 bits per heavy atom. The van der Waals surface area contributed by atoms with Crippen LogP contribution in [0.25, 0.3) is 5.57 Å². The Morgan fingerprint density at radius 2 is 1.78 bits per heavy atom. The van der Waals surface area contributed by atoms with E-state index >= 15 is 0 Å². The van der Waals surface area contributed by atoms with Gasteiger partial charge in [0.25, 0.3) is 0 Å². The van der Waals surface area contributed by atoms with Crippen LogP contribution in [0.3, 0.4) is 0 Å². The number of hydrogen-bond donors (Lipinski definition) is 0. The molecule has 1 unspecified atom stereocenters. The Hall–Kier alpha value is -4.39. The lowest BCUT2D eigenvalue weighted by Crippen LogP contribution is -2.24. The highest BCUT2D eigenvalue weighted by atomic mass is 16.5. The number of esters is 1. The molecule has 0 aromatic heterocycles. The predicted molar refractivity (Wildman–Crippen MR) is 142 cm³/mol. The summed E-state index contributed by atoms with van der Waals surface area (Å²) in [6, 6.07) is 23.1. The highest BCUT2D eigenvalue weighted by Gasteiger charge is 2.31. The number of nitrogens with zero attached hydrogens (tertiary/aromatic N) is 2. The van der Waals surface area contributed by atoms with Crippen molar-refractivity contribution < 1.29 is 23.8 Å². The lowest BCUT2D eigenvalue weighted by molar-refractivity contribution is -0.134. The Labute approximate surface area is 217 Å². The third-order valence-corrected chi connectivity index (χ3v) is 6.21. The van der Waals surface area contributed by atoms with Crippen molar-refractivity contribution in [1.29, 1.82) is 0 Å². The molecule has 4 rings (SSSR count). The number of hydrogen-bond acceptors (Lipinski definition) is 6. The SMILES string of the molecule is CO/C=C(\C(=O)OC)c1ccccc1COc1cccc(C2=NN(C(C)=O)C(c3ccc(C)cc3)C2)c1. The maximum absolute atomic E-state index is 12.4. The van der Waals surface area contributed by atoms with Gasteiger partial charge in [-0.25, -0.2) is 9.80 Å². The first kappa shape index (κ1) is 25.7. The number of amides is 1. The van der Waals surface area contributed by atoms with Crippen LogP contribution in [0.4, 0.5) is 0 Å². The van der Waals surface area contributed by atoms with E-state index < -0.39 is 5.97 Å². The summed E-state index contributed by atoms with van der Waals surface area (Å²) < 4.78 is 16.1. The van der Waals surface area contributed by atoms with Crippen molar-refractivity contribution in [2.45, 2.75) is 32.9 Å². The molecule has 3 aromatic rings. The molecule has 7 heteroatoms. The van der Waals surface area contributed by atoms with Gasteiger partial charge in [0.15, 0.2) is 0 Å². The highest BCUT2D eigenvalue weighted by molar-refractivity contribution is 6.16. The number of methoxy groups -OCH3 is 2. The van der Waals surface area contributed by atoms with E-state index in [0.717, 1.165) is 22.4 Å². The zero-order valence-electron chi connectivity index (χ0n) is 21.4. The number of carbonyl (C=O) groups excluding carboxylic acids is 2. The van der Waals surface area contributed by atoms with Crippen LogP contribution in [-0.4, -0.2) is 36.8 Å². The summed E-state index contributed by atoms with van der Waals surface area (Å²) in [4.78, 5) is 24.6. The molecular formula is C30H30N2O5. The molecule has 190 valence electrons. The van der Waals surface area contributed by atoms with Gasteiger partial charge in [-0.3, -0.25) is 4.79 Å². The van der Waals surface area contributed by atoms with Crippen molar-refractivity contribution >= 4 is 23.2 Å². The molecule has 0 radical (unpaired) electrons. The number of ether oxygens (including phenoxy) is 3. The van der Waals surface area contributed by atoms with Gasteiger partial charge in [0.2, 0.25) is 5.91 Å². The van der Waals surface area contributed by atoms with Crippen LogP contribution in [0.15, 0.2) is 84.2 Å². The second-order valence-corrected chi connectivity index (χ2v) is 8.77. The molecule has 0 spiro atoms. The molecule has 1 heterocycles. The smallest absolute Gasteiger partial charge is 0.341 e. The zero-order chi connectivity index (χ0) is 26.4. The maximum atomic E-state index is 12.4. The fourth-order valence-electron chi connectivity index (χ4n) is 4.31. The van der Waals surface area contributed by atoms with Gasteiger partial charge in [0.05, 0.1) is 32.2 Å². The molecule has 1 amide bonds. The van der Waals surface area contributed by atoms with E-state index in [1.54, 1.807) is 5.01 Å². The van der Waals surface area contributed by atoms with Gasteiger partial charge in [-0.2, -0.15) is 5.10 Å². The van der Waals surface area contributed by atoms with Gasteiger partial charge >= 0.3 is 5.97 Å². The highest BCUT2D eigenvalue weighted by Crippen LogP contribution is 2.33. The van der Waals surface area contributed by atoms with E-state index in [0.29, 0.717) is 23.3 Å². The average Bonchev–Trinajstić information content (AvgIpc) is 3.37. The molecule has 1 aliphatic rings. The number of hydrazone groups is 1. The molecule has 0 bridgehead atoms. The van der Waals surface area contributed by atoms with Gasteiger partial charge in [0.1, 0.15) is 17.9 Å². The Kier molecular flexibility index (Phi) is 8.03. The summed E-state index contributed by atoms with van der Waals surface area (Å²) in [5, 5.41) is 6.21. The molecule has 3 aromatic carbocycles. The summed E-state index contributed by atoms with van der Waals surface area (Å²) in [5.41, 5.74) is 5.72. The fraction of sp³-hybridized carbons (Fsp3) is 0.233. The molecule has 1 aliphatic heterocycles. The normalized spacial score (nSPS) is 15.2. The van der Waals surface area contributed by atoms with Gasteiger partial charge in [-0.15, -0.1) is 0 Å². The Balaban J connectivity index is 1.54. The first-order chi connectivity index (χ1) is 17.9. The quantitative estimate of drug-likeness (QED) is 0.235. The monoisotopic (exact) mass is 498 g/mol. The fourth-order valence-corrected chi connectivity index (χ4v) is 4.31. The minimum absolute atomic E-state index is 0.102. The molecule has 0 N–H and O–H groups in total. The van der Waals surface area contributed by atoms with E-state index in [9.17, 15) is 9.59 Å². The third kappa shape index (κ3) is 5.89. The largest absolute Gasteiger partial charge is 0.503 e. The molecule has 7 nitrogen and oxygen atoms in total. The van der Waals surface area contributed by atoms with E-state index in [2.05, 4.69) is 5.10 Å². The van der Waals surface area contributed by atoms with Crippen molar-refractivity contribution in [3.05, 3.63) is 107 Å². The molecule has 0 saturated carbocycles. The van der Waals surface area contributed by atoms with Gasteiger partial charge in [-0.1, -0.05) is 66.2 Å². The summed E-state index contributed by atoms with van der Waals surface area (Å²) in [6.45, 7) is 3.80. The predicted octanol–water partition coefficient (Wildman–Crippen LogP) is 5.43. The topological polar surface area (TPSA) is 77.4 Å². The van der Waals surface area contributed by atoms with E-state index in [1.165, 1.54) is 33.0 Å². The number of aryl methyl sites for hydroxylation is 1. The first-order valence-corrected chi connectivity index (χ1v) is 12.0. The van der Waals surface area contributed by atoms with Gasteiger partial charge in [-0.05, 0) is 35.7 Å². The molecule has 1 atom stereocenters. The summed E-state index contributed by atoms with van der Waals surface area (Å²) in [7, 11) is 2.81. The van der Waals surface area contributed by atoms with Crippen molar-refractivity contribution in [3.63, 3.8) is 0 Å². The molecule has 0 aliphatic carbocycles. The van der Waals surface area contributed by atoms with Crippen LogP contribution >= 0.6 is 0 Å². The lowest BCUT2D eigenvalue weighted by Gasteiger charge is -2.20. The number of rotatable bonds is 8. The van der Waals surface area contributed by atoms with Crippen molar-refractivity contribution in [2.75, 3.05) is 14.2 Å². The van der Waals surface area contributed by atoms with E-state index in [4.69, 9.17) is 14.2 Å². The Morgan fingerprint density at radius 1 is 1.03 bits per heavy atom. The van der Waals surface area contributed by atoms with Crippen LogP contribution in [0.5, 0.6) is 5.75 Å². The zero-order valence-corrected chi connectivity index (χ0v) is 21.4. The number of benzene rings is 3. The second kappa shape index (κ2) is 11.6. The van der Waals surface area contributed by atoms with Crippen LogP contribution < -0.4 is 4.74 Å². The van der Waals surface area contributed by atoms with E-state index in [1.807, 2.05) is 79.7 Å². The summed E-state index contributed by atoms with van der Waals surface area (Å²) in [6.07, 6.45) is 1.98. The van der Waals surface area contributed by atoms with Crippen LogP contribution in [0.2, 0.25) is 0 Å². The molecule has 0 fully saturated rings. The second-order valence-electron chi connectivity index (χ2n) is 8.77. The summed E-state index contributed by atoms with van der Waals surface area (Å²) >= 11 is 0. The standard InChI is InChI=1S/C30H30N2O5/c1-20-12-14-22(15-13-20)29-17-28(31-32(29)21(2)33)23-9-7-10-25(16-23)37-18-24-8-5-6-11-26(24)27(19-35-3)30(34)36-4/h5-16,19,29H,17-18H2,1-4H3/b27-19-. The number of carbonyl (C=O) groups is 2. The van der Waals surface area contributed by atoms with Gasteiger partial charge < -0.3 is 14.2 Å². The molecule has 0 saturated heterocycles. The first-order valence-electron chi connectivity index (χ1n) is 12.0. The molecule has 37 heavy (non-hydrogen) atoms. The van der Waals surface area contributed by atoms with Crippen LogP contribution in [-0.2, 0) is 25.7 Å². The lowest BCUT2D eigenvalue weighted by atomic mass is 9.97. The van der Waals surface area contributed by atoms with Crippen LogP contribution in [0, 0.1) is 6.92 Å². The van der Waals surface area contributed by atoms with Crippen molar-refractivity contribution in [2.24, 2.45) is 5.10 Å². The van der Waals surface area contributed by atoms with Crippen molar-refractivity contribution in [3.8, 4) is 5.75 Å². The van der Waals surface area contributed by atoms with Crippen LogP contribution in [0.1, 0.15) is 47.2 Å². The minimum Gasteiger partial charge on any atom is -0.503 e. The Bertz CT molecular complexity index is 1340. The third-order valence-electron chi connectivity index (χ3n) is 6.21. The van der Waals surface area contributed by atoms with Crippen molar-refractivity contribution in [1.82, 2.24) is 5.01 Å². The molecular weight excluding hydrogens is 468 g/mol. The maximum Gasteiger partial charge on any atom is 0.341 e. The van der Waals surface area contributed by atoms with E-state index in [-0.39, 0.29) is 18.6 Å². The summed E-state index contributed by atoms with van der Waals surface area (Å²) in [5.74, 6) is 0.0577. The average molecular weight is 499 g/mol.